The van der Waals surface area contributed by atoms with E-state index >= 15 is 0 Å². The topological polar surface area (TPSA) is 46.2 Å². The molecule has 1 heterocycles. The van der Waals surface area contributed by atoms with Crippen molar-refractivity contribution in [2.45, 2.75) is 6.42 Å². The van der Waals surface area contributed by atoms with Crippen LogP contribution in [0.5, 0.6) is 5.75 Å². The van der Waals surface area contributed by atoms with Crippen molar-refractivity contribution in [3.8, 4) is 11.8 Å². The number of ether oxygens (including phenoxy) is 1. The van der Waals surface area contributed by atoms with E-state index in [1.54, 1.807) is 6.07 Å². The van der Waals surface area contributed by atoms with E-state index in [1.165, 1.54) is 0 Å². The van der Waals surface area contributed by atoms with Gasteiger partial charge < -0.3 is 9.15 Å². The van der Waals surface area contributed by atoms with Crippen LogP contribution in [0.2, 0.25) is 0 Å². The molecule has 0 fully saturated rings. The molecule has 0 aliphatic carbocycles. The maximum Gasteiger partial charge on any atom is 0.246 e. The molecule has 1 aromatic carbocycles. The summed E-state index contributed by atoms with van der Waals surface area (Å²) in [6, 6.07) is 9.15. The van der Waals surface area contributed by atoms with Gasteiger partial charge in [0, 0.05) is 6.42 Å². The largest absolute Gasteiger partial charge is 0.488 e. The van der Waals surface area contributed by atoms with Crippen molar-refractivity contribution in [2.75, 3.05) is 13.3 Å². The van der Waals surface area contributed by atoms with Crippen LogP contribution in [0.3, 0.4) is 0 Å². The molecule has 0 aliphatic heterocycles. The predicted octanol–water partition coefficient (Wildman–Crippen LogP) is 3.04. The van der Waals surface area contributed by atoms with Crippen molar-refractivity contribution in [2.24, 2.45) is 0 Å². The summed E-state index contributed by atoms with van der Waals surface area (Å²) in [4.78, 5) is 0. The molecular weight excluding hydrogens is 209 g/mol. The molecule has 2 aromatic rings. The molecule has 2 rings (SSSR count). The van der Waals surface area contributed by atoms with Crippen LogP contribution >= 0.6 is 0 Å². The summed E-state index contributed by atoms with van der Waals surface area (Å²) in [6.07, 6.45) is 0.310. The van der Waals surface area contributed by atoms with E-state index < -0.39 is 6.67 Å². The predicted molar refractivity (Wildman–Crippen MR) is 57.0 cm³/mol. The second kappa shape index (κ2) is 4.67. The Morgan fingerprint density at radius 2 is 2.19 bits per heavy atom. The average Bonchev–Trinajstić information content (AvgIpc) is 2.68. The highest BCUT2D eigenvalue weighted by atomic mass is 19.1. The standard InChI is InChI=1S/C12H10FNO2/c13-6-3-7-15-12-9-4-1-2-5-10(9)16-11(12)8-14/h1-2,4-5H,3,6-7H2. The number of halogens is 1. The monoisotopic (exact) mass is 219 g/mol. The Morgan fingerprint density at radius 1 is 1.38 bits per heavy atom. The SMILES string of the molecule is N#Cc1oc2ccccc2c1OCCCF. The summed E-state index contributed by atoms with van der Waals surface area (Å²) >= 11 is 0. The Hall–Kier alpha value is -2.02. The zero-order chi connectivity index (χ0) is 11.4. The van der Waals surface area contributed by atoms with Crippen LogP contribution in [-0.4, -0.2) is 13.3 Å². The minimum Gasteiger partial charge on any atom is -0.488 e. The van der Waals surface area contributed by atoms with Gasteiger partial charge in [-0.2, -0.15) is 5.26 Å². The van der Waals surface area contributed by atoms with Crippen molar-refractivity contribution in [3.63, 3.8) is 0 Å². The molecule has 0 N–H and O–H groups in total. The number of benzene rings is 1. The fourth-order valence-corrected chi connectivity index (χ4v) is 1.47. The highest BCUT2D eigenvalue weighted by Gasteiger charge is 2.14. The smallest absolute Gasteiger partial charge is 0.246 e. The quantitative estimate of drug-likeness (QED) is 0.742. The van der Waals surface area contributed by atoms with E-state index in [0.29, 0.717) is 17.8 Å². The van der Waals surface area contributed by atoms with Crippen LogP contribution in [0, 0.1) is 11.3 Å². The normalized spacial score (nSPS) is 10.2. The van der Waals surface area contributed by atoms with Crippen LogP contribution in [0.25, 0.3) is 11.0 Å². The second-order valence-electron chi connectivity index (χ2n) is 3.26. The molecule has 0 unspecified atom stereocenters. The van der Waals surface area contributed by atoms with Gasteiger partial charge in [0.2, 0.25) is 5.76 Å². The van der Waals surface area contributed by atoms with Gasteiger partial charge in [-0.3, -0.25) is 4.39 Å². The average molecular weight is 219 g/mol. The van der Waals surface area contributed by atoms with Gasteiger partial charge in [0.25, 0.3) is 0 Å². The Morgan fingerprint density at radius 3 is 2.94 bits per heavy atom. The van der Waals surface area contributed by atoms with Gasteiger partial charge in [-0.05, 0) is 12.1 Å². The summed E-state index contributed by atoms with van der Waals surface area (Å²) in [7, 11) is 0. The molecule has 4 heteroatoms. The first-order valence-electron chi connectivity index (χ1n) is 4.97. The van der Waals surface area contributed by atoms with Crippen LogP contribution in [-0.2, 0) is 0 Å². The van der Waals surface area contributed by atoms with Crippen molar-refractivity contribution in [3.05, 3.63) is 30.0 Å². The molecule has 0 radical (unpaired) electrons. The summed E-state index contributed by atoms with van der Waals surface area (Å²) < 4.78 is 22.6. The van der Waals surface area contributed by atoms with Gasteiger partial charge in [0.15, 0.2) is 5.75 Å². The molecule has 0 saturated carbocycles. The van der Waals surface area contributed by atoms with Gasteiger partial charge >= 0.3 is 0 Å². The molecule has 0 spiro atoms. The maximum absolute atomic E-state index is 11.9. The van der Waals surface area contributed by atoms with Crippen molar-refractivity contribution < 1.29 is 13.5 Å². The lowest BCUT2D eigenvalue weighted by Crippen LogP contribution is -1.98. The zero-order valence-electron chi connectivity index (χ0n) is 8.57. The first kappa shape index (κ1) is 10.5. The molecule has 3 nitrogen and oxygen atoms in total. The first-order chi connectivity index (χ1) is 7.86. The number of nitriles is 1. The molecule has 16 heavy (non-hydrogen) atoms. The molecule has 0 bridgehead atoms. The van der Waals surface area contributed by atoms with Gasteiger partial charge in [-0.15, -0.1) is 0 Å². The van der Waals surface area contributed by atoms with Crippen LogP contribution in [0.15, 0.2) is 28.7 Å². The lowest BCUT2D eigenvalue weighted by molar-refractivity contribution is 0.288. The van der Waals surface area contributed by atoms with Crippen molar-refractivity contribution in [1.29, 1.82) is 5.26 Å². The number of alkyl halides is 1. The Balaban J connectivity index is 2.37. The molecule has 0 atom stereocenters. The molecule has 0 amide bonds. The van der Waals surface area contributed by atoms with Gasteiger partial charge in [-0.1, -0.05) is 12.1 Å². The van der Waals surface area contributed by atoms with Crippen molar-refractivity contribution in [1.82, 2.24) is 0 Å². The molecule has 0 saturated heterocycles. The van der Waals surface area contributed by atoms with Crippen LogP contribution in [0.4, 0.5) is 4.39 Å². The lowest BCUT2D eigenvalue weighted by atomic mass is 10.2. The molecule has 0 aliphatic rings. The van der Waals surface area contributed by atoms with E-state index in [4.69, 9.17) is 14.4 Å². The van der Waals surface area contributed by atoms with Crippen LogP contribution < -0.4 is 4.74 Å². The van der Waals surface area contributed by atoms with E-state index in [2.05, 4.69) is 0 Å². The second-order valence-corrected chi connectivity index (χ2v) is 3.26. The maximum atomic E-state index is 11.9. The highest BCUT2D eigenvalue weighted by Crippen LogP contribution is 2.32. The minimum absolute atomic E-state index is 0.139. The number of para-hydroxylation sites is 1. The molecule has 1 aromatic heterocycles. The van der Waals surface area contributed by atoms with E-state index in [-0.39, 0.29) is 12.4 Å². The molecular formula is C12H10FNO2. The third-order valence-electron chi connectivity index (χ3n) is 2.18. The highest BCUT2D eigenvalue weighted by molar-refractivity contribution is 5.86. The first-order valence-corrected chi connectivity index (χ1v) is 4.97. The zero-order valence-corrected chi connectivity index (χ0v) is 8.57. The number of hydrogen-bond acceptors (Lipinski definition) is 3. The number of rotatable bonds is 4. The minimum atomic E-state index is -0.433. The summed E-state index contributed by atoms with van der Waals surface area (Å²) in [5, 5.41) is 9.63. The summed E-state index contributed by atoms with van der Waals surface area (Å²) in [5.41, 5.74) is 0.606. The third-order valence-corrected chi connectivity index (χ3v) is 2.18. The van der Waals surface area contributed by atoms with Crippen molar-refractivity contribution >= 4 is 11.0 Å². The number of fused-ring (bicyclic) bond motifs is 1. The summed E-state index contributed by atoms with van der Waals surface area (Å²) in [5.74, 6) is 0.548. The van der Waals surface area contributed by atoms with Crippen LogP contribution in [0.1, 0.15) is 12.2 Å². The Kier molecular flexibility index (Phi) is 3.06. The van der Waals surface area contributed by atoms with E-state index in [0.717, 1.165) is 5.39 Å². The molecule has 82 valence electrons. The third kappa shape index (κ3) is 1.84. The lowest BCUT2D eigenvalue weighted by Gasteiger charge is -2.01. The Labute approximate surface area is 92.0 Å². The van der Waals surface area contributed by atoms with Gasteiger partial charge in [-0.25, -0.2) is 0 Å². The summed E-state index contributed by atoms with van der Waals surface area (Å²) in [6.45, 7) is -0.188. The van der Waals surface area contributed by atoms with E-state index in [1.807, 2.05) is 24.3 Å². The fourth-order valence-electron chi connectivity index (χ4n) is 1.47. The van der Waals surface area contributed by atoms with Gasteiger partial charge in [0.05, 0.1) is 18.7 Å². The number of furan rings is 1. The van der Waals surface area contributed by atoms with E-state index in [9.17, 15) is 4.39 Å². The Bertz CT molecular complexity index is 527. The number of hydrogen-bond donors (Lipinski definition) is 0. The fraction of sp³-hybridized carbons (Fsp3) is 0.250. The number of nitrogens with zero attached hydrogens (tertiary/aromatic N) is 1. The van der Waals surface area contributed by atoms with Gasteiger partial charge in [0.1, 0.15) is 11.7 Å².